The van der Waals surface area contributed by atoms with Crippen LogP contribution < -0.4 is 10.6 Å². The Kier molecular flexibility index (Phi) is 4.25. The quantitative estimate of drug-likeness (QED) is 0.816. The van der Waals surface area contributed by atoms with Crippen LogP contribution in [-0.4, -0.2) is 24.7 Å². The van der Waals surface area contributed by atoms with Gasteiger partial charge in [-0.1, -0.05) is 19.1 Å². The molecule has 2 N–H and O–H groups in total. The van der Waals surface area contributed by atoms with Crippen LogP contribution in [0.3, 0.4) is 0 Å². The van der Waals surface area contributed by atoms with Crippen molar-refractivity contribution in [1.29, 1.82) is 0 Å². The Labute approximate surface area is 111 Å². The van der Waals surface area contributed by atoms with Gasteiger partial charge in [0.2, 0.25) is 0 Å². The predicted molar refractivity (Wildman–Crippen MR) is 74.8 cm³/mol. The molecule has 1 fully saturated rings. The van der Waals surface area contributed by atoms with Crippen LogP contribution in [0, 0.1) is 0 Å². The van der Waals surface area contributed by atoms with E-state index in [1.165, 1.54) is 4.90 Å². The van der Waals surface area contributed by atoms with E-state index in [1.54, 1.807) is 11.8 Å². The second kappa shape index (κ2) is 5.91. The summed E-state index contributed by atoms with van der Waals surface area (Å²) < 4.78 is 0. The molecule has 0 bridgehead atoms. The van der Waals surface area contributed by atoms with Gasteiger partial charge in [-0.3, -0.25) is 15.1 Å². The first-order chi connectivity index (χ1) is 8.74. The highest BCUT2D eigenvalue weighted by molar-refractivity contribution is 7.98. The molecule has 5 heteroatoms. The van der Waals surface area contributed by atoms with E-state index in [4.69, 9.17) is 0 Å². The normalized spacial score (nSPS) is 20.9. The molecule has 18 heavy (non-hydrogen) atoms. The molecule has 1 aliphatic heterocycles. The lowest BCUT2D eigenvalue weighted by atomic mass is 10.1. The van der Waals surface area contributed by atoms with E-state index in [1.807, 2.05) is 30.5 Å². The molecule has 0 aliphatic carbocycles. The Morgan fingerprint density at radius 2 is 2.06 bits per heavy atom. The highest BCUT2D eigenvalue weighted by Crippen LogP contribution is 2.20. The van der Waals surface area contributed by atoms with Crippen LogP contribution in [0.2, 0.25) is 0 Å². The molecule has 1 aromatic rings. The van der Waals surface area contributed by atoms with Gasteiger partial charge in [-0.2, -0.15) is 0 Å². The van der Waals surface area contributed by atoms with Gasteiger partial charge >= 0.3 is 0 Å². The third-order valence-electron chi connectivity index (χ3n) is 2.73. The zero-order valence-corrected chi connectivity index (χ0v) is 11.4. The number of carbonyl (C=O) groups excluding carboxylic acids is 1. The fourth-order valence-corrected chi connectivity index (χ4v) is 2.18. The second-order valence-corrected chi connectivity index (χ2v) is 4.95. The maximum atomic E-state index is 11.8. The van der Waals surface area contributed by atoms with Crippen LogP contribution in [0.25, 0.3) is 0 Å². The van der Waals surface area contributed by atoms with Crippen molar-refractivity contribution in [2.24, 2.45) is 4.99 Å². The van der Waals surface area contributed by atoms with Crippen LogP contribution in [0.4, 0.5) is 0 Å². The molecule has 1 amide bonds. The van der Waals surface area contributed by atoms with Crippen LogP contribution in [0.1, 0.15) is 24.9 Å². The van der Waals surface area contributed by atoms with E-state index in [-0.39, 0.29) is 11.9 Å². The number of rotatable bonds is 4. The highest BCUT2D eigenvalue weighted by Gasteiger charge is 2.29. The van der Waals surface area contributed by atoms with Crippen molar-refractivity contribution >= 4 is 23.6 Å². The third kappa shape index (κ3) is 2.85. The summed E-state index contributed by atoms with van der Waals surface area (Å²) in [5, 5.41) is 5.87. The molecular weight excluding hydrogens is 246 g/mol. The van der Waals surface area contributed by atoms with Gasteiger partial charge in [-0.05, 0) is 30.4 Å². The summed E-state index contributed by atoms with van der Waals surface area (Å²) in [5.74, 6) is 0.544. The number of carbonyl (C=O) groups is 1. The maximum Gasteiger partial charge on any atom is 0.253 e. The van der Waals surface area contributed by atoms with E-state index in [9.17, 15) is 4.79 Å². The molecule has 0 aromatic heterocycles. The van der Waals surface area contributed by atoms with E-state index in [2.05, 4.69) is 22.5 Å². The monoisotopic (exact) mass is 263 g/mol. The number of hydrogen-bond donors (Lipinski definition) is 2. The first-order valence-corrected chi connectivity index (χ1v) is 7.23. The molecule has 0 spiro atoms. The van der Waals surface area contributed by atoms with Crippen molar-refractivity contribution in [3.63, 3.8) is 0 Å². The Morgan fingerprint density at radius 3 is 2.67 bits per heavy atom. The SMILES string of the molecule is CCCN=C1NC(=O)C(c2ccc(SC)cc2)N1. The predicted octanol–water partition coefficient (Wildman–Crippen LogP) is 1.93. The van der Waals surface area contributed by atoms with Gasteiger partial charge in [0.1, 0.15) is 6.04 Å². The maximum absolute atomic E-state index is 11.8. The van der Waals surface area contributed by atoms with E-state index in [0.717, 1.165) is 18.5 Å². The average Bonchev–Trinajstić information content (AvgIpc) is 2.78. The Morgan fingerprint density at radius 1 is 1.33 bits per heavy atom. The minimum Gasteiger partial charge on any atom is -0.340 e. The lowest BCUT2D eigenvalue weighted by Crippen LogP contribution is -2.25. The van der Waals surface area contributed by atoms with Gasteiger partial charge in [0.15, 0.2) is 5.96 Å². The molecule has 4 nitrogen and oxygen atoms in total. The molecule has 1 unspecified atom stereocenters. The number of nitrogens with one attached hydrogen (secondary N) is 2. The zero-order chi connectivity index (χ0) is 13.0. The van der Waals surface area contributed by atoms with Gasteiger partial charge in [0.05, 0.1) is 0 Å². The molecule has 1 heterocycles. The summed E-state index contributed by atoms with van der Waals surface area (Å²) in [6.07, 6.45) is 3.00. The van der Waals surface area contributed by atoms with Crippen molar-refractivity contribution in [1.82, 2.24) is 10.6 Å². The first kappa shape index (κ1) is 13.0. The summed E-state index contributed by atoms with van der Waals surface area (Å²) >= 11 is 1.69. The summed E-state index contributed by atoms with van der Waals surface area (Å²) in [5.41, 5.74) is 0.965. The number of thioether (sulfide) groups is 1. The number of benzene rings is 1. The smallest absolute Gasteiger partial charge is 0.253 e. The standard InChI is InChI=1S/C13H17N3OS/c1-3-8-14-13-15-11(12(17)16-13)9-4-6-10(18-2)7-5-9/h4-7,11H,3,8H2,1-2H3,(H2,14,15,16,17). The van der Waals surface area contributed by atoms with Gasteiger partial charge < -0.3 is 5.32 Å². The molecule has 1 aliphatic rings. The number of nitrogens with zero attached hydrogens (tertiary/aromatic N) is 1. The van der Waals surface area contributed by atoms with Crippen LogP contribution in [-0.2, 0) is 4.79 Å². The van der Waals surface area contributed by atoms with Crippen molar-refractivity contribution in [2.75, 3.05) is 12.8 Å². The molecule has 1 aromatic carbocycles. The number of amides is 1. The van der Waals surface area contributed by atoms with Gasteiger partial charge in [0.25, 0.3) is 5.91 Å². The van der Waals surface area contributed by atoms with Crippen molar-refractivity contribution in [3.05, 3.63) is 29.8 Å². The Hall–Kier alpha value is -1.49. The zero-order valence-electron chi connectivity index (χ0n) is 10.6. The van der Waals surface area contributed by atoms with E-state index < -0.39 is 0 Å². The largest absolute Gasteiger partial charge is 0.340 e. The first-order valence-electron chi connectivity index (χ1n) is 6.00. The summed E-state index contributed by atoms with van der Waals surface area (Å²) in [6.45, 7) is 2.78. The van der Waals surface area contributed by atoms with E-state index in [0.29, 0.717) is 5.96 Å². The topological polar surface area (TPSA) is 53.5 Å². The summed E-state index contributed by atoms with van der Waals surface area (Å²) in [4.78, 5) is 17.3. The Bertz CT molecular complexity index is 456. The van der Waals surface area contributed by atoms with Gasteiger partial charge in [0, 0.05) is 11.4 Å². The lowest BCUT2D eigenvalue weighted by molar-refractivity contribution is -0.120. The lowest BCUT2D eigenvalue weighted by Gasteiger charge is -2.08. The number of guanidine groups is 1. The van der Waals surface area contributed by atoms with E-state index >= 15 is 0 Å². The van der Waals surface area contributed by atoms with Gasteiger partial charge in [-0.25, -0.2) is 0 Å². The minimum atomic E-state index is -0.323. The minimum absolute atomic E-state index is 0.0400. The molecule has 1 atom stereocenters. The average molecular weight is 263 g/mol. The van der Waals surface area contributed by atoms with Crippen LogP contribution in [0.5, 0.6) is 0 Å². The fraction of sp³-hybridized carbons (Fsp3) is 0.385. The van der Waals surface area contributed by atoms with Crippen LogP contribution in [0.15, 0.2) is 34.2 Å². The summed E-state index contributed by atoms with van der Waals surface area (Å²) in [7, 11) is 0. The Balaban J connectivity index is 2.11. The van der Waals surface area contributed by atoms with Crippen molar-refractivity contribution in [3.8, 4) is 0 Å². The molecule has 0 saturated carbocycles. The van der Waals surface area contributed by atoms with Crippen molar-refractivity contribution < 1.29 is 4.79 Å². The molecule has 1 saturated heterocycles. The van der Waals surface area contributed by atoms with Gasteiger partial charge in [-0.15, -0.1) is 11.8 Å². The second-order valence-electron chi connectivity index (χ2n) is 4.07. The highest BCUT2D eigenvalue weighted by atomic mass is 32.2. The number of hydrogen-bond acceptors (Lipinski definition) is 3. The van der Waals surface area contributed by atoms with Crippen LogP contribution >= 0.6 is 11.8 Å². The van der Waals surface area contributed by atoms with Crippen molar-refractivity contribution in [2.45, 2.75) is 24.3 Å². The summed E-state index contributed by atoms with van der Waals surface area (Å²) in [6, 6.07) is 7.68. The third-order valence-corrected chi connectivity index (χ3v) is 3.47. The molecular formula is C13H17N3OS. The number of aliphatic imine (C=N–C) groups is 1. The molecule has 96 valence electrons. The molecule has 2 rings (SSSR count). The fourth-order valence-electron chi connectivity index (χ4n) is 1.77. The molecule has 0 radical (unpaired) electrons.